The number of hydrazine groups is 1. The van der Waals surface area contributed by atoms with Crippen LogP contribution >= 0.6 is 11.6 Å². The third kappa shape index (κ3) is 2.55. The molecule has 4 nitrogen and oxygen atoms in total. The van der Waals surface area contributed by atoms with E-state index in [2.05, 4.69) is 6.58 Å². The first-order chi connectivity index (χ1) is 11.0. The predicted octanol–water partition coefficient (Wildman–Crippen LogP) is 3.52. The number of nitrogens with zero attached hydrogens (tertiary/aromatic N) is 2. The van der Waals surface area contributed by atoms with Crippen LogP contribution in [0.15, 0.2) is 30.8 Å². The maximum atomic E-state index is 12.9. The van der Waals surface area contributed by atoms with Gasteiger partial charge in [0.25, 0.3) is 11.8 Å². The number of fused-ring (bicyclic) bond motifs is 1. The summed E-state index contributed by atoms with van der Waals surface area (Å²) in [5, 5.41) is 3.90. The van der Waals surface area contributed by atoms with Crippen LogP contribution in [0.2, 0.25) is 5.02 Å². The van der Waals surface area contributed by atoms with E-state index in [4.69, 9.17) is 11.6 Å². The van der Waals surface area contributed by atoms with Gasteiger partial charge in [0.1, 0.15) is 5.41 Å². The van der Waals surface area contributed by atoms with E-state index in [1.807, 2.05) is 25.1 Å². The molecule has 5 heteroatoms. The number of hydrogen-bond donors (Lipinski definition) is 0. The van der Waals surface area contributed by atoms with Gasteiger partial charge in [-0.15, -0.1) is 0 Å². The van der Waals surface area contributed by atoms with Crippen molar-refractivity contribution < 1.29 is 9.59 Å². The smallest absolute Gasteiger partial charge is 0.257 e. The van der Waals surface area contributed by atoms with Gasteiger partial charge in [0, 0.05) is 18.1 Å². The second-order valence-corrected chi connectivity index (χ2v) is 6.73. The molecule has 2 fully saturated rings. The van der Waals surface area contributed by atoms with E-state index in [9.17, 15) is 9.59 Å². The van der Waals surface area contributed by atoms with Gasteiger partial charge < -0.3 is 0 Å². The topological polar surface area (TPSA) is 40.6 Å². The molecule has 2 saturated heterocycles. The SMILES string of the molecule is C=C(CC1(CC)C(=O)N2CCCCN2C1=O)c1cccc(Cl)c1. The Kier molecular flexibility index (Phi) is 4.19. The first-order valence-corrected chi connectivity index (χ1v) is 8.45. The molecule has 0 bridgehead atoms. The first kappa shape index (κ1) is 16.1. The highest BCUT2D eigenvalue weighted by atomic mass is 35.5. The van der Waals surface area contributed by atoms with Crippen LogP contribution in [0.4, 0.5) is 0 Å². The maximum Gasteiger partial charge on any atom is 0.257 e. The van der Waals surface area contributed by atoms with Gasteiger partial charge >= 0.3 is 0 Å². The lowest BCUT2D eigenvalue weighted by molar-refractivity contribution is -0.150. The van der Waals surface area contributed by atoms with E-state index in [-0.39, 0.29) is 11.8 Å². The zero-order valence-electron chi connectivity index (χ0n) is 13.3. The molecule has 1 aromatic rings. The molecule has 2 aliphatic heterocycles. The van der Waals surface area contributed by atoms with Gasteiger partial charge in [-0.25, -0.2) is 0 Å². The fourth-order valence-corrected chi connectivity index (χ4v) is 3.72. The molecule has 2 amide bonds. The highest BCUT2D eigenvalue weighted by molar-refractivity contribution is 6.30. The van der Waals surface area contributed by atoms with Crippen molar-refractivity contribution in [3.8, 4) is 0 Å². The van der Waals surface area contributed by atoms with Crippen molar-refractivity contribution in [1.82, 2.24) is 10.0 Å². The van der Waals surface area contributed by atoms with Crippen molar-refractivity contribution in [3.05, 3.63) is 41.4 Å². The lowest BCUT2D eigenvalue weighted by Crippen LogP contribution is -2.45. The normalized spacial score (nSPS) is 19.9. The Balaban J connectivity index is 1.90. The van der Waals surface area contributed by atoms with Crippen molar-refractivity contribution in [2.75, 3.05) is 13.1 Å². The maximum absolute atomic E-state index is 12.9. The lowest BCUT2D eigenvalue weighted by atomic mass is 9.77. The van der Waals surface area contributed by atoms with Crippen LogP contribution in [-0.2, 0) is 9.59 Å². The molecule has 0 spiro atoms. The summed E-state index contributed by atoms with van der Waals surface area (Å²) in [5.41, 5.74) is 0.645. The van der Waals surface area contributed by atoms with Crippen molar-refractivity contribution in [1.29, 1.82) is 0 Å². The minimum atomic E-state index is -1.01. The first-order valence-electron chi connectivity index (χ1n) is 8.07. The van der Waals surface area contributed by atoms with Crippen LogP contribution in [0, 0.1) is 5.41 Å². The summed E-state index contributed by atoms with van der Waals surface area (Å²) in [4.78, 5) is 25.9. The van der Waals surface area contributed by atoms with Crippen LogP contribution < -0.4 is 0 Å². The third-order valence-electron chi connectivity index (χ3n) is 4.92. The second kappa shape index (κ2) is 6.00. The number of hydrogen-bond acceptors (Lipinski definition) is 2. The van der Waals surface area contributed by atoms with Gasteiger partial charge in [-0.05, 0) is 49.0 Å². The van der Waals surface area contributed by atoms with Crippen LogP contribution in [0.1, 0.15) is 38.2 Å². The number of rotatable bonds is 4. The Hall–Kier alpha value is -1.81. The zero-order chi connectivity index (χ0) is 16.6. The van der Waals surface area contributed by atoms with Gasteiger partial charge in [0.2, 0.25) is 0 Å². The Morgan fingerprint density at radius 2 is 1.83 bits per heavy atom. The molecule has 23 heavy (non-hydrogen) atoms. The Bertz CT molecular complexity index is 647. The van der Waals surface area contributed by atoms with Crippen molar-refractivity contribution in [2.45, 2.75) is 32.6 Å². The number of carbonyl (C=O) groups excluding carboxylic acids is 2. The third-order valence-corrected chi connectivity index (χ3v) is 5.16. The second-order valence-electron chi connectivity index (χ2n) is 6.29. The highest BCUT2D eigenvalue weighted by Gasteiger charge is 2.57. The summed E-state index contributed by atoms with van der Waals surface area (Å²) >= 11 is 6.04. The number of benzene rings is 1. The monoisotopic (exact) mass is 332 g/mol. The Labute approximate surface area is 141 Å². The molecule has 0 aliphatic carbocycles. The molecule has 0 atom stereocenters. The fourth-order valence-electron chi connectivity index (χ4n) is 3.53. The lowest BCUT2D eigenvalue weighted by Gasteiger charge is -2.31. The summed E-state index contributed by atoms with van der Waals surface area (Å²) in [6, 6.07) is 7.39. The van der Waals surface area contributed by atoms with Gasteiger partial charge in [-0.2, -0.15) is 0 Å². The minimum Gasteiger partial charge on any atom is -0.272 e. The average Bonchev–Trinajstić information content (AvgIpc) is 2.77. The average molecular weight is 333 g/mol. The number of halogens is 1. The molecule has 1 aromatic carbocycles. The van der Waals surface area contributed by atoms with Gasteiger partial charge in [0.15, 0.2) is 0 Å². The van der Waals surface area contributed by atoms with Crippen molar-refractivity contribution >= 4 is 29.0 Å². The van der Waals surface area contributed by atoms with Crippen molar-refractivity contribution in [2.24, 2.45) is 5.41 Å². The van der Waals surface area contributed by atoms with Crippen molar-refractivity contribution in [3.63, 3.8) is 0 Å². The summed E-state index contributed by atoms with van der Waals surface area (Å²) in [7, 11) is 0. The van der Waals surface area contributed by atoms with Gasteiger partial charge in [-0.1, -0.05) is 37.2 Å². The van der Waals surface area contributed by atoms with Crippen LogP contribution in [0.25, 0.3) is 5.57 Å². The minimum absolute atomic E-state index is 0.0760. The Morgan fingerprint density at radius 1 is 1.22 bits per heavy atom. The number of carbonyl (C=O) groups is 2. The molecule has 2 heterocycles. The molecular weight excluding hydrogens is 312 g/mol. The van der Waals surface area contributed by atoms with Gasteiger partial charge in [-0.3, -0.25) is 19.6 Å². The van der Waals surface area contributed by atoms with E-state index in [1.54, 1.807) is 16.1 Å². The number of allylic oxidation sites excluding steroid dienone is 1. The zero-order valence-corrected chi connectivity index (χ0v) is 14.1. The highest BCUT2D eigenvalue weighted by Crippen LogP contribution is 2.43. The fraction of sp³-hybridized carbons (Fsp3) is 0.444. The van der Waals surface area contributed by atoms with Crippen LogP contribution in [-0.4, -0.2) is 34.9 Å². The molecule has 0 aromatic heterocycles. The Morgan fingerprint density at radius 3 is 2.35 bits per heavy atom. The standard InChI is InChI=1S/C18H21ClN2O2/c1-3-18(12-13(2)14-7-6-8-15(19)11-14)16(22)20-9-4-5-10-21(20)17(18)23/h6-8,11H,2-5,9-10,12H2,1H3. The van der Waals surface area contributed by atoms with Crippen LogP contribution in [0.5, 0.6) is 0 Å². The molecule has 0 radical (unpaired) electrons. The van der Waals surface area contributed by atoms with E-state index in [0.717, 1.165) is 24.0 Å². The van der Waals surface area contributed by atoms with E-state index < -0.39 is 5.41 Å². The summed E-state index contributed by atoms with van der Waals surface area (Å²) in [5.74, 6) is -0.152. The largest absolute Gasteiger partial charge is 0.272 e. The van der Waals surface area contributed by atoms with E-state index in [0.29, 0.717) is 31.0 Å². The molecule has 0 N–H and O–H groups in total. The summed E-state index contributed by atoms with van der Waals surface area (Å²) in [6.07, 6.45) is 2.72. The molecule has 0 unspecified atom stereocenters. The number of amides is 2. The van der Waals surface area contributed by atoms with Crippen LogP contribution in [0.3, 0.4) is 0 Å². The predicted molar refractivity (Wildman–Crippen MR) is 90.5 cm³/mol. The molecular formula is C18H21ClN2O2. The van der Waals surface area contributed by atoms with E-state index >= 15 is 0 Å². The molecule has 3 rings (SSSR count). The van der Waals surface area contributed by atoms with Gasteiger partial charge in [0.05, 0.1) is 0 Å². The molecule has 0 saturated carbocycles. The van der Waals surface area contributed by atoms with E-state index in [1.165, 1.54) is 0 Å². The summed E-state index contributed by atoms with van der Waals surface area (Å²) in [6.45, 7) is 7.28. The molecule has 122 valence electrons. The molecule has 2 aliphatic rings. The summed E-state index contributed by atoms with van der Waals surface area (Å²) < 4.78 is 0. The quantitative estimate of drug-likeness (QED) is 0.791.